The molecule has 1 fully saturated rings. The minimum atomic E-state index is -0.190. The lowest BCUT2D eigenvalue weighted by atomic mass is 10.1. The molecule has 0 aliphatic carbocycles. The lowest BCUT2D eigenvalue weighted by Gasteiger charge is -2.23. The van der Waals surface area contributed by atoms with Crippen molar-refractivity contribution < 1.29 is 9.59 Å². The van der Waals surface area contributed by atoms with E-state index in [1.54, 1.807) is 12.1 Å². The standard InChI is InChI=1S/C17H25N3O2.ClH/c1-12(19-17(22)15-6-4-3-5-7-15)8-16(21)20-11-14(10-18)9-13(20)2;/h3-7,12-14H,8-11,18H2,1-2H3,(H,19,22);1H. The Morgan fingerprint density at radius 2 is 2.00 bits per heavy atom. The molecule has 3 atom stereocenters. The van der Waals surface area contributed by atoms with Crippen LogP contribution in [0.4, 0.5) is 0 Å². The fourth-order valence-electron chi connectivity index (χ4n) is 2.99. The normalized spacial score (nSPS) is 21.4. The molecule has 2 rings (SSSR count). The Balaban J connectivity index is 0.00000264. The molecule has 1 aliphatic rings. The highest BCUT2D eigenvalue weighted by atomic mass is 35.5. The van der Waals surface area contributed by atoms with Gasteiger partial charge in [0, 0.05) is 30.6 Å². The van der Waals surface area contributed by atoms with Gasteiger partial charge in [-0.25, -0.2) is 0 Å². The van der Waals surface area contributed by atoms with E-state index in [0.29, 0.717) is 24.4 Å². The summed E-state index contributed by atoms with van der Waals surface area (Å²) in [7, 11) is 0. The van der Waals surface area contributed by atoms with Crippen molar-refractivity contribution in [2.24, 2.45) is 11.7 Å². The van der Waals surface area contributed by atoms with Crippen molar-refractivity contribution >= 4 is 24.2 Å². The molecule has 0 aromatic heterocycles. The number of nitrogens with one attached hydrogen (secondary N) is 1. The average molecular weight is 340 g/mol. The highest BCUT2D eigenvalue weighted by Crippen LogP contribution is 2.23. The summed E-state index contributed by atoms with van der Waals surface area (Å²) in [6.07, 6.45) is 1.28. The van der Waals surface area contributed by atoms with Gasteiger partial charge in [-0.3, -0.25) is 9.59 Å². The summed E-state index contributed by atoms with van der Waals surface area (Å²) in [6.45, 7) is 5.27. The number of hydrogen-bond acceptors (Lipinski definition) is 3. The lowest BCUT2D eigenvalue weighted by Crippen LogP contribution is -2.40. The van der Waals surface area contributed by atoms with Gasteiger partial charge in [-0.05, 0) is 44.9 Å². The summed E-state index contributed by atoms with van der Waals surface area (Å²) in [4.78, 5) is 26.3. The molecule has 1 heterocycles. The van der Waals surface area contributed by atoms with Crippen LogP contribution in [0.15, 0.2) is 30.3 Å². The molecule has 1 aromatic carbocycles. The van der Waals surface area contributed by atoms with Gasteiger partial charge in [0.15, 0.2) is 0 Å². The zero-order valence-electron chi connectivity index (χ0n) is 13.7. The van der Waals surface area contributed by atoms with Gasteiger partial charge in [0.25, 0.3) is 5.91 Å². The molecule has 0 radical (unpaired) electrons. The average Bonchev–Trinajstić information content (AvgIpc) is 2.89. The van der Waals surface area contributed by atoms with Crippen LogP contribution in [0.3, 0.4) is 0 Å². The second kappa shape index (κ2) is 8.89. The third kappa shape index (κ3) is 5.22. The third-order valence-corrected chi connectivity index (χ3v) is 4.21. The van der Waals surface area contributed by atoms with E-state index in [9.17, 15) is 9.59 Å². The van der Waals surface area contributed by atoms with Crippen LogP contribution in [-0.4, -0.2) is 41.9 Å². The third-order valence-electron chi connectivity index (χ3n) is 4.21. The van der Waals surface area contributed by atoms with E-state index in [1.165, 1.54) is 0 Å². The number of halogens is 1. The molecule has 128 valence electrons. The van der Waals surface area contributed by atoms with Gasteiger partial charge in [0.2, 0.25) is 5.91 Å². The summed E-state index contributed by atoms with van der Waals surface area (Å²) < 4.78 is 0. The van der Waals surface area contributed by atoms with Gasteiger partial charge < -0.3 is 16.0 Å². The van der Waals surface area contributed by atoms with E-state index >= 15 is 0 Å². The van der Waals surface area contributed by atoms with Crippen molar-refractivity contribution in [3.8, 4) is 0 Å². The maximum atomic E-state index is 12.4. The number of amides is 2. The lowest BCUT2D eigenvalue weighted by molar-refractivity contribution is -0.132. The first-order chi connectivity index (χ1) is 10.5. The molecule has 0 saturated carbocycles. The summed E-state index contributed by atoms with van der Waals surface area (Å²) in [5, 5.41) is 2.88. The molecule has 0 spiro atoms. The number of rotatable bonds is 5. The minimum absolute atomic E-state index is 0. The highest BCUT2D eigenvalue weighted by Gasteiger charge is 2.32. The summed E-state index contributed by atoms with van der Waals surface area (Å²) in [6, 6.07) is 9.08. The van der Waals surface area contributed by atoms with Gasteiger partial charge in [-0.1, -0.05) is 18.2 Å². The Labute approximate surface area is 144 Å². The fourth-order valence-corrected chi connectivity index (χ4v) is 2.99. The van der Waals surface area contributed by atoms with Crippen LogP contribution < -0.4 is 11.1 Å². The highest BCUT2D eigenvalue weighted by molar-refractivity contribution is 5.94. The number of likely N-dealkylation sites (tertiary alicyclic amines) is 1. The summed E-state index contributed by atoms with van der Waals surface area (Å²) in [5.41, 5.74) is 6.31. The number of nitrogens with zero attached hydrogens (tertiary/aromatic N) is 1. The molecular formula is C17H26ClN3O2. The molecule has 1 aliphatic heterocycles. The molecule has 0 bridgehead atoms. The molecule has 1 aromatic rings. The molecule has 2 amide bonds. The summed E-state index contributed by atoms with van der Waals surface area (Å²) >= 11 is 0. The van der Waals surface area contributed by atoms with E-state index < -0.39 is 0 Å². The van der Waals surface area contributed by atoms with Crippen LogP contribution in [0, 0.1) is 5.92 Å². The molecular weight excluding hydrogens is 314 g/mol. The molecule has 23 heavy (non-hydrogen) atoms. The van der Waals surface area contributed by atoms with Gasteiger partial charge in [-0.15, -0.1) is 12.4 Å². The van der Waals surface area contributed by atoms with Crippen LogP contribution in [-0.2, 0) is 4.79 Å². The Morgan fingerprint density at radius 3 is 2.57 bits per heavy atom. The topological polar surface area (TPSA) is 75.4 Å². The zero-order valence-corrected chi connectivity index (χ0v) is 14.5. The fraction of sp³-hybridized carbons (Fsp3) is 0.529. The van der Waals surface area contributed by atoms with Crippen molar-refractivity contribution in [3.63, 3.8) is 0 Å². The van der Waals surface area contributed by atoms with Crippen molar-refractivity contribution in [2.75, 3.05) is 13.1 Å². The van der Waals surface area contributed by atoms with Gasteiger partial charge in [-0.2, -0.15) is 0 Å². The van der Waals surface area contributed by atoms with Gasteiger partial charge in [0.1, 0.15) is 0 Å². The number of hydrogen-bond donors (Lipinski definition) is 2. The molecule has 3 N–H and O–H groups in total. The van der Waals surface area contributed by atoms with E-state index in [0.717, 1.165) is 13.0 Å². The van der Waals surface area contributed by atoms with Crippen LogP contribution >= 0.6 is 12.4 Å². The van der Waals surface area contributed by atoms with Gasteiger partial charge in [0.05, 0.1) is 0 Å². The van der Waals surface area contributed by atoms with Crippen LogP contribution in [0.5, 0.6) is 0 Å². The predicted octanol–water partition coefficient (Wildman–Crippen LogP) is 1.81. The monoisotopic (exact) mass is 339 g/mol. The van der Waals surface area contributed by atoms with E-state index in [1.807, 2.05) is 30.0 Å². The van der Waals surface area contributed by atoms with Crippen molar-refractivity contribution in [3.05, 3.63) is 35.9 Å². The quantitative estimate of drug-likeness (QED) is 0.859. The van der Waals surface area contributed by atoms with Crippen LogP contribution in [0.25, 0.3) is 0 Å². The van der Waals surface area contributed by atoms with Gasteiger partial charge >= 0.3 is 0 Å². The Morgan fingerprint density at radius 1 is 1.35 bits per heavy atom. The largest absolute Gasteiger partial charge is 0.349 e. The summed E-state index contributed by atoms with van der Waals surface area (Å²) in [5.74, 6) is 0.340. The Hall–Kier alpha value is -1.59. The van der Waals surface area contributed by atoms with Crippen LogP contribution in [0.1, 0.15) is 37.0 Å². The second-order valence-electron chi connectivity index (χ2n) is 6.18. The molecule has 3 unspecified atom stereocenters. The first kappa shape index (κ1) is 19.5. The number of carbonyl (C=O) groups excluding carboxylic acids is 2. The van der Waals surface area contributed by atoms with E-state index in [4.69, 9.17) is 5.73 Å². The molecule has 6 heteroatoms. The first-order valence-electron chi connectivity index (χ1n) is 7.86. The van der Waals surface area contributed by atoms with Crippen molar-refractivity contribution in [1.82, 2.24) is 10.2 Å². The Kier molecular flexibility index (Phi) is 7.52. The molecule has 1 saturated heterocycles. The van der Waals surface area contributed by atoms with E-state index in [2.05, 4.69) is 12.2 Å². The predicted molar refractivity (Wildman–Crippen MR) is 93.6 cm³/mol. The Bertz CT molecular complexity index is 524. The second-order valence-corrected chi connectivity index (χ2v) is 6.18. The molecule has 5 nitrogen and oxygen atoms in total. The smallest absolute Gasteiger partial charge is 0.251 e. The SMILES string of the molecule is CC(CC(=O)N1CC(CN)CC1C)NC(=O)c1ccccc1.Cl. The number of nitrogens with two attached hydrogens (primary N) is 1. The minimum Gasteiger partial charge on any atom is -0.349 e. The van der Waals surface area contributed by atoms with Crippen molar-refractivity contribution in [2.45, 2.75) is 38.8 Å². The zero-order chi connectivity index (χ0) is 16.1. The first-order valence-corrected chi connectivity index (χ1v) is 7.86. The van der Waals surface area contributed by atoms with Crippen molar-refractivity contribution in [1.29, 1.82) is 0 Å². The number of carbonyl (C=O) groups is 2. The number of benzene rings is 1. The maximum Gasteiger partial charge on any atom is 0.251 e. The van der Waals surface area contributed by atoms with E-state index in [-0.39, 0.29) is 36.3 Å². The maximum absolute atomic E-state index is 12.4. The van der Waals surface area contributed by atoms with Crippen LogP contribution in [0.2, 0.25) is 0 Å².